The van der Waals surface area contributed by atoms with E-state index in [9.17, 15) is 14.7 Å². The van der Waals surface area contributed by atoms with Crippen molar-refractivity contribution in [1.82, 2.24) is 10.2 Å². The smallest absolute Gasteiger partial charge is 0.319 e. The number of carbonyl (C=O) groups excluding carboxylic acids is 1. The quantitative estimate of drug-likeness (QED) is 0.736. The van der Waals surface area contributed by atoms with Gasteiger partial charge in [0.2, 0.25) is 5.91 Å². The molecule has 0 bridgehead atoms. The van der Waals surface area contributed by atoms with Crippen LogP contribution in [0.2, 0.25) is 0 Å². The molecule has 0 radical (unpaired) electrons. The molecule has 5 heteroatoms. The number of rotatable bonds is 5. The molecule has 0 aromatic heterocycles. The number of carboxylic acids is 1. The normalized spacial score (nSPS) is 22.6. The third kappa shape index (κ3) is 2.61. The summed E-state index contributed by atoms with van der Waals surface area (Å²) in [5, 5.41) is 12.7. The van der Waals surface area contributed by atoms with E-state index in [-0.39, 0.29) is 11.9 Å². The SMILES string of the molecule is CCCN(C(=O)C1(C(=O)O)CCC1)C1CCNCC1. The summed E-state index contributed by atoms with van der Waals surface area (Å²) in [6, 6.07) is 0.213. The zero-order valence-corrected chi connectivity index (χ0v) is 11.7. The van der Waals surface area contributed by atoms with Gasteiger partial charge in [-0.2, -0.15) is 0 Å². The van der Waals surface area contributed by atoms with Crippen LogP contribution in [0.5, 0.6) is 0 Å². The Morgan fingerprint density at radius 2 is 1.95 bits per heavy atom. The highest BCUT2D eigenvalue weighted by Crippen LogP contribution is 2.43. The molecular weight excluding hydrogens is 244 g/mol. The van der Waals surface area contributed by atoms with Gasteiger partial charge in [0.25, 0.3) is 0 Å². The number of carbonyl (C=O) groups is 2. The number of amides is 1. The number of nitrogens with one attached hydrogen (secondary N) is 1. The number of nitrogens with zero attached hydrogens (tertiary/aromatic N) is 1. The Labute approximate surface area is 114 Å². The maximum absolute atomic E-state index is 12.7. The minimum Gasteiger partial charge on any atom is -0.480 e. The highest BCUT2D eigenvalue weighted by molar-refractivity contribution is 6.03. The predicted molar refractivity (Wildman–Crippen MR) is 71.8 cm³/mol. The Morgan fingerprint density at radius 3 is 2.37 bits per heavy atom. The number of carboxylic acid groups (broad SMARTS) is 1. The second-order valence-corrected chi connectivity index (χ2v) is 5.72. The average molecular weight is 268 g/mol. The van der Waals surface area contributed by atoms with Crippen molar-refractivity contribution in [3.63, 3.8) is 0 Å². The largest absolute Gasteiger partial charge is 0.480 e. The molecule has 2 aliphatic rings. The van der Waals surface area contributed by atoms with Gasteiger partial charge < -0.3 is 15.3 Å². The van der Waals surface area contributed by atoms with Gasteiger partial charge in [-0.15, -0.1) is 0 Å². The molecule has 108 valence electrons. The van der Waals surface area contributed by atoms with Crippen molar-refractivity contribution in [3.05, 3.63) is 0 Å². The monoisotopic (exact) mass is 268 g/mol. The molecule has 1 aliphatic carbocycles. The van der Waals surface area contributed by atoms with Crippen LogP contribution >= 0.6 is 0 Å². The molecule has 19 heavy (non-hydrogen) atoms. The van der Waals surface area contributed by atoms with Gasteiger partial charge in [-0.05, 0) is 45.2 Å². The number of hydrogen-bond donors (Lipinski definition) is 2. The van der Waals surface area contributed by atoms with Crippen molar-refractivity contribution in [3.8, 4) is 0 Å². The van der Waals surface area contributed by atoms with Crippen molar-refractivity contribution < 1.29 is 14.7 Å². The molecule has 1 aliphatic heterocycles. The molecule has 1 saturated carbocycles. The minimum atomic E-state index is -1.11. The van der Waals surface area contributed by atoms with Gasteiger partial charge in [0.1, 0.15) is 5.41 Å². The number of hydrogen-bond acceptors (Lipinski definition) is 3. The highest BCUT2D eigenvalue weighted by Gasteiger charge is 2.53. The standard InChI is InChI=1S/C14H24N2O3/c1-2-10-16(11-4-8-15-9-5-11)12(17)14(13(18)19)6-3-7-14/h11,15H,2-10H2,1H3,(H,18,19). The number of piperidine rings is 1. The summed E-state index contributed by atoms with van der Waals surface area (Å²) in [5.74, 6) is -1.07. The molecule has 1 amide bonds. The summed E-state index contributed by atoms with van der Waals surface area (Å²) < 4.78 is 0. The van der Waals surface area contributed by atoms with E-state index in [4.69, 9.17) is 0 Å². The van der Waals surface area contributed by atoms with Crippen LogP contribution in [-0.2, 0) is 9.59 Å². The Morgan fingerprint density at radius 1 is 1.32 bits per heavy atom. The van der Waals surface area contributed by atoms with Gasteiger partial charge in [0.05, 0.1) is 0 Å². The first kappa shape index (κ1) is 14.3. The van der Waals surface area contributed by atoms with Crippen molar-refractivity contribution in [2.24, 2.45) is 5.41 Å². The number of aliphatic carboxylic acids is 1. The molecule has 0 aromatic carbocycles. The molecule has 0 atom stereocenters. The van der Waals surface area contributed by atoms with Crippen LogP contribution in [0.1, 0.15) is 45.4 Å². The topological polar surface area (TPSA) is 69.6 Å². The molecule has 5 nitrogen and oxygen atoms in total. The molecule has 0 unspecified atom stereocenters. The molecule has 1 heterocycles. The summed E-state index contributed by atoms with van der Waals surface area (Å²) in [7, 11) is 0. The van der Waals surface area contributed by atoms with Gasteiger partial charge in [-0.25, -0.2) is 0 Å². The summed E-state index contributed by atoms with van der Waals surface area (Å²) in [6.45, 7) is 4.55. The van der Waals surface area contributed by atoms with Gasteiger partial charge in [0.15, 0.2) is 0 Å². The lowest BCUT2D eigenvalue weighted by atomic mass is 9.67. The van der Waals surface area contributed by atoms with E-state index < -0.39 is 11.4 Å². The van der Waals surface area contributed by atoms with Gasteiger partial charge in [-0.1, -0.05) is 13.3 Å². The lowest BCUT2D eigenvalue weighted by Crippen LogP contribution is -2.57. The second-order valence-electron chi connectivity index (χ2n) is 5.72. The summed E-state index contributed by atoms with van der Waals surface area (Å²) >= 11 is 0. The van der Waals surface area contributed by atoms with Gasteiger partial charge in [0, 0.05) is 12.6 Å². The van der Waals surface area contributed by atoms with E-state index in [0.717, 1.165) is 38.8 Å². The molecule has 0 spiro atoms. The molecule has 2 fully saturated rings. The van der Waals surface area contributed by atoms with Crippen LogP contribution in [-0.4, -0.2) is 47.6 Å². The second kappa shape index (κ2) is 5.90. The van der Waals surface area contributed by atoms with Crippen LogP contribution in [0.25, 0.3) is 0 Å². The Kier molecular flexibility index (Phi) is 4.45. The van der Waals surface area contributed by atoms with E-state index >= 15 is 0 Å². The fourth-order valence-electron chi connectivity index (χ4n) is 3.13. The average Bonchev–Trinajstić information content (AvgIpc) is 2.35. The fourth-order valence-corrected chi connectivity index (χ4v) is 3.13. The highest BCUT2D eigenvalue weighted by atomic mass is 16.4. The van der Waals surface area contributed by atoms with E-state index in [1.807, 2.05) is 11.8 Å². The summed E-state index contributed by atoms with van der Waals surface area (Å²) in [5.41, 5.74) is -1.11. The molecule has 2 N–H and O–H groups in total. The van der Waals surface area contributed by atoms with E-state index in [2.05, 4.69) is 5.32 Å². The first-order valence-corrected chi connectivity index (χ1v) is 7.37. The first-order chi connectivity index (χ1) is 9.12. The third-order valence-corrected chi connectivity index (χ3v) is 4.50. The van der Waals surface area contributed by atoms with Crippen molar-refractivity contribution >= 4 is 11.9 Å². The minimum absolute atomic E-state index is 0.139. The lowest BCUT2D eigenvalue weighted by molar-refractivity contribution is -0.169. The fraction of sp³-hybridized carbons (Fsp3) is 0.857. The lowest BCUT2D eigenvalue weighted by Gasteiger charge is -2.43. The first-order valence-electron chi connectivity index (χ1n) is 7.37. The maximum Gasteiger partial charge on any atom is 0.319 e. The zero-order chi connectivity index (χ0) is 13.9. The summed E-state index contributed by atoms with van der Waals surface area (Å²) in [6.07, 6.45) is 4.61. The van der Waals surface area contributed by atoms with Crippen molar-refractivity contribution in [2.45, 2.75) is 51.5 Å². The zero-order valence-electron chi connectivity index (χ0n) is 11.7. The summed E-state index contributed by atoms with van der Waals surface area (Å²) in [4.78, 5) is 26.0. The Bertz CT molecular complexity index is 347. The Balaban J connectivity index is 2.13. The third-order valence-electron chi connectivity index (χ3n) is 4.50. The van der Waals surface area contributed by atoms with Gasteiger partial charge in [-0.3, -0.25) is 9.59 Å². The van der Waals surface area contributed by atoms with Crippen LogP contribution in [0.15, 0.2) is 0 Å². The van der Waals surface area contributed by atoms with Crippen LogP contribution in [0.3, 0.4) is 0 Å². The van der Waals surface area contributed by atoms with E-state index in [1.165, 1.54) is 0 Å². The maximum atomic E-state index is 12.7. The van der Waals surface area contributed by atoms with E-state index in [1.54, 1.807) is 0 Å². The van der Waals surface area contributed by atoms with Crippen LogP contribution < -0.4 is 5.32 Å². The van der Waals surface area contributed by atoms with Crippen LogP contribution in [0.4, 0.5) is 0 Å². The molecule has 0 aromatic rings. The molecule has 2 rings (SSSR count). The Hall–Kier alpha value is -1.10. The van der Waals surface area contributed by atoms with Crippen LogP contribution in [0, 0.1) is 5.41 Å². The van der Waals surface area contributed by atoms with Gasteiger partial charge >= 0.3 is 5.97 Å². The molecular formula is C14H24N2O3. The predicted octanol–water partition coefficient (Wildman–Crippen LogP) is 1.23. The van der Waals surface area contributed by atoms with Crippen molar-refractivity contribution in [2.75, 3.05) is 19.6 Å². The molecule has 1 saturated heterocycles. The van der Waals surface area contributed by atoms with E-state index in [0.29, 0.717) is 19.4 Å². The van der Waals surface area contributed by atoms with Crippen molar-refractivity contribution in [1.29, 1.82) is 0 Å².